The van der Waals surface area contributed by atoms with Crippen LogP contribution in [-0.2, 0) is 9.59 Å². The number of aliphatic carboxylic acids is 2. The highest BCUT2D eigenvalue weighted by Crippen LogP contribution is 2.41. The fraction of sp³-hybridized carbons (Fsp3) is 0.273. The van der Waals surface area contributed by atoms with Crippen LogP contribution < -0.4 is 4.74 Å². The predicted molar refractivity (Wildman–Crippen MR) is 58.5 cm³/mol. The number of hydrogen-bond acceptors (Lipinski definition) is 3. The van der Waals surface area contributed by atoms with E-state index in [0.29, 0.717) is 16.3 Å². The van der Waals surface area contributed by atoms with Gasteiger partial charge in [-0.25, -0.2) is 4.79 Å². The van der Waals surface area contributed by atoms with E-state index in [-0.39, 0.29) is 6.42 Å². The molecular weight excluding hydrogens is 248 g/mol. The Hall–Kier alpha value is -1.75. The van der Waals surface area contributed by atoms with Crippen LogP contribution in [0.3, 0.4) is 0 Å². The molecule has 0 aromatic heterocycles. The molecule has 0 bridgehead atoms. The van der Waals surface area contributed by atoms with Gasteiger partial charge in [-0.1, -0.05) is 11.6 Å². The van der Waals surface area contributed by atoms with Gasteiger partial charge in [0, 0.05) is 16.5 Å². The van der Waals surface area contributed by atoms with Crippen molar-refractivity contribution >= 4 is 23.5 Å². The molecule has 90 valence electrons. The van der Waals surface area contributed by atoms with E-state index in [4.69, 9.17) is 26.6 Å². The van der Waals surface area contributed by atoms with Gasteiger partial charge in [0.05, 0.1) is 6.42 Å². The quantitative estimate of drug-likeness (QED) is 0.861. The Balaban J connectivity index is 2.40. The van der Waals surface area contributed by atoms with Gasteiger partial charge in [0.15, 0.2) is 0 Å². The third-order valence-electron chi connectivity index (χ3n) is 2.63. The summed E-state index contributed by atoms with van der Waals surface area (Å²) < 4.78 is 5.22. The zero-order chi connectivity index (χ0) is 12.6. The van der Waals surface area contributed by atoms with Gasteiger partial charge in [0.1, 0.15) is 5.75 Å². The van der Waals surface area contributed by atoms with Gasteiger partial charge in [-0.3, -0.25) is 4.79 Å². The van der Waals surface area contributed by atoms with Gasteiger partial charge >= 0.3 is 11.9 Å². The van der Waals surface area contributed by atoms with Crippen LogP contribution in [0.25, 0.3) is 0 Å². The van der Waals surface area contributed by atoms with Crippen LogP contribution in [0.2, 0.25) is 5.02 Å². The summed E-state index contributed by atoms with van der Waals surface area (Å²) >= 11 is 5.80. The van der Waals surface area contributed by atoms with Gasteiger partial charge in [0.25, 0.3) is 0 Å². The molecule has 2 N–H and O–H groups in total. The molecule has 1 heterocycles. The third-order valence-corrected chi connectivity index (χ3v) is 2.86. The molecule has 1 aromatic carbocycles. The van der Waals surface area contributed by atoms with Crippen LogP contribution in [0, 0.1) is 0 Å². The second-order valence-electron chi connectivity index (χ2n) is 3.76. The van der Waals surface area contributed by atoms with Crippen molar-refractivity contribution in [3.63, 3.8) is 0 Å². The maximum absolute atomic E-state index is 11.0. The highest BCUT2D eigenvalue weighted by atomic mass is 35.5. The van der Waals surface area contributed by atoms with Crippen LogP contribution in [0.5, 0.6) is 5.75 Å². The minimum Gasteiger partial charge on any atom is -0.481 e. The van der Waals surface area contributed by atoms with Crippen molar-refractivity contribution in [1.82, 2.24) is 0 Å². The van der Waals surface area contributed by atoms with Gasteiger partial charge < -0.3 is 14.9 Å². The molecule has 6 heteroatoms. The summed E-state index contributed by atoms with van der Waals surface area (Å²) in [5.41, 5.74) is 0.535. The summed E-state index contributed by atoms with van der Waals surface area (Å²) in [5.74, 6) is -2.58. The largest absolute Gasteiger partial charge is 0.481 e. The Morgan fingerprint density at radius 1 is 1.35 bits per heavy atom. The summed E-state index contributed by atoms with van der Waals surface area (Å²) in [4.78, 5) is 21.7. The van der Waals surface area contributed by atoms with Crippen molar-refractivity contribution in [2.75, 3.05) is 0 Å². The summed E-state index contributed by atoms with van der Waals surface area (Å²) in [7, 11) is 0. The SMILES string of the molecule is O=C(O)CC1c2cc(Cl)ccc2OC1C(=O)O. The van der Waals surface area contributed by atoms with E-state index in [1.807, 2.05) is 0 Å². The van der Waals surface area contributed by atoms with E-state index in [0.717, 1.165) is 0 Å². The first-order valence-corrected chi connectivity index (χ1v) is 5.27. The summed E-state index contributed by atoms with van der Waals surface area (Å²) in [5, 5.41) is 18.2. The van der Waals surface area contributed by atoms with Crippen molar-refractivity contribution < 1.29 is 24.5 Å². The number of benzene rings is 1. The van der Waals surface area contributed by atoms with Gasteiger partial charge in [-0.05, 0) is 18.2 Å². The first kappa shape index (κ1) is 11.7. The van der Waals surface area contributed by atoms with E-state index in [9.17, 15) is 9.59 Å². The van der Waals surface area contributed by atoms with Crippen LogP contribution in [-0.4, -0.2) is 28.3 Å². The number of carboxylic acids is 2. The third kappa shape index (κ3) is 2.19. The molecule has 0 amide bonds. The normalized spacial score (nSPS) is 21.7. The summed E-state index contributed by atoms with van der Waals surface area (Å²) in [6, 6.07) is 4.67. The minimum absolute atomic E-state index is 0.301. The van der Waals surface area contributed by atoms with Crippen molar-refractivity contribution in [3.8, 4) is 5.75 Å². The second-order valence-corrected chi connectivity index (χ2v) is 4.20. The number of hydrogen-bond donors (Lipinski definition) is 2. The second kappa shape index (κ2) is 4.25. The molecule has 2 rings (SSSR count). The van der Waals surface area contributed by atoms with Crippen LogP contribution in [0.1, 0.15) is 17.9 Å². The van der Waals surface area contributed by atoms with Gasteiger partial charge in [-0.15, -0.1) is 0 Å². The lowest BCUT2D eigenvalue weighted by Gasteiger charge is -2.12. The predicted octanol–water partition coefficient (Wildman–Crippen LogP) is 1.74. The first-order valence-electron chi connectivity index (χ1n) is 4.89. The average Bonchev–Trinajstić information content (AvgIpc) is 2.56. The lowest BCUT2D eigenvalue weighted by Crippen LogP contribution is -2.30. The molecule has 1 aliphatic heterocycles. The maximum atomic E-state index is 11.0. The Labute approximate surface area is 102 Å². The molecule has 17 heavy (non-hydrogen) atoms. The molecule has 0 spiro atoms. The number of halogens is 1. The average molecular weight is 257 g/mol. The Kier molecular flexibility index (Phi) is 2.93. The van der Waals surface area contributed by atoms with Gasteiger partial charge in [0.2, 0.25) is 6.10 Å². The van der Waals surface area contributed by atoms with E-state index in [1.54, 1.807) is 18.2 Å². The zero-order valence-corrected chi connectivity index (χ0v) is 9.35. The van der Waals surface area contributed by atoms with Crippen molar-refractivity contribution in [1.29, 1.82) is 0 Å². The molecule has 0 fully saturated rings. The molecule has 0 saturated carbocycles. The molecule has 0 aliphatic carbocycles. The van der Waals surface area contributed by atoms with Crippen LogP contribution >= 0.6 is 11.6 Å². The summed E-state index contributed by atoms with van der Waals surface area (Å²) in [6.07, 6.45) is -1.47. The summed E-state index contributed by atoms with van der Waals surface area (Å²) in [6.45, 7) is 0. The molecular formula is C11H9ClO5. The lowest BCUT2D eigenvalue weighted by atomic mass is 9.92. The smallest absolute Gasteiger partial charge is 0.345 e. The van der Waals surface area contributed by atoms with E-state index < -0.39 is 24.0 Å². The van der Waals surface area contributed by atoms with E-state index >= 15 is 0 Å². The number of ether oxygens (including phenoxy) is 1. The minimum atomic E-state index is -1.18. The topological polar surface area (TPSA) is 83.8 Å². The highest BCUT2D eigenvalue weighted by molar-refractivity contribution is 6.30. The van der Waals surface area contributed by atoms with Crippen LogP contribution in [0.4, 0.5) is 0 Å². The standard InChI is InChI=1S/C11H9ClO5/c12-5-1-2-8-6(3-5)7(4-9(13)14)10(17-8)11(15)16/h1-3,7,10H,4H2,(H,13,14)(H,15,16). The molecule has 2 unspecified atom stereocenters. The fourth-order valence-electron chi connectivity index (χ4n) is 1.93. The van der Waals surface area contributed by atoms with E-state index in [1.165, 1.54) is 0 Å². The number of rotatable bonds is 3. The van der Waals surface area contributed by atoms with Crippen molar-refractivity contribution in [2.24, 2.45) is 0 Å². The molecule has 1 aliphatic rings. The van der Waals surface area contributed by atoms with Crippen molar-refractivity contribution in [2.45, 2.75) is 18.4 Å². The first-order chi connectivity index (χ1) is 7.99. The van der Waals surface area contributed by atoms with E-state index in [2.05, 4.69) is 0 Å². The Morgan fingerprint density at radius 2 is 2.06 bits per heavy atom. The van der Waals surface area contributed by atoms with Gasteiger partial charge in [-0.2, -0.15) is 0 Å². The zero-order valence-electron chi connectivity index (χ0n) is 8.59. The lowest BCUT2D eigenvalue weighted by molar-refractivity contribution is -0.146. The number of fused-ring (bicyclic) bond motifs is 1. The van der Waals surface area contributed by atoms with Crippen LogP contribution in [0.15, 0.2) is 18.2 Å². The number of carboxylic acid groups (broad SMARTS) is 2. The molecule has 0 radical (unpaired) electrons. The number of carbonyl (C=O) groups is 2. The fourth-order valence-corrected chi connectivity index (χ4v) is 2.11. The molecule has 0 saturated heterocycles. The monoisotopic (exact) mass is 256 g/mol. The van der Waals surface area contributed by atoms with Crippen molar-refractivity contribution in [3.05, 3.63) is 28.8 Å². The molecule has 1 aromatic rings. The Morgan fingerprint density at radius 3 is 2.65 bits per heavy atom. The Bertz CT molecular complexity index is 485. The highest BCUT2D eigenvalue weighted by Gasteiger charge is 2.40. The maximum Gasteiger partial charge on any atom is 0.345 e. The molecule has 5 nitrogen and oxygen atoms in total. The molecule has 2 atom stereocenters.